The molecule has 1 aliphatic carbocycles. The molecule has 0 aromatic heterocycles. The average molecular weight is 350 g/mol. The molecule has 0 amide bonds. The summed E-state index contributed by atoms with van der Waals surface area (Å²) in [5.74, 6) is 2.53. The Morgan fingerprint density at radius 2 is 1.70 bits per heavy atom. The molecule has 1 saturated carbocycles. The lowest BCUT2D eigenvalue weighted by Gasteiger charge is -2.49. The fourth-order valence-corrected chi connectivity index (χ4v) is 6.42. The summed E-state index contributed by atoms with van der Waals surface area (Å²) in [4.78, 5) is 0. The van der Waals surface area contributed by atoms with E-state index in [-0.39, 0.29) is 23.9 Å². The molecule has 1 aromatic rings. The fraction of sp³-hybridized carbons (Fsp3) is 0.600. The second kappa shape index (κ2) is 7.15. The number of hydrogen-bond acceptors (Lipinski definition) is 3. The van der Waals surface area contributed by atoms with Crippen LogP contribution in [-0.2, 0) is 5.41 Å². The van der Waals surface area contributed by atoms with Gasteiger partial charge in [-0.05, 0) is 48.5 Å². The Balaban J connectivity index is 0.00000147. The second-order valence-electron chi connectivity index (χ2n) is 5.51. The van der Waals surface area contributed by atoms with E-state index in [9.17, 15) is 0 Å². The summed E-state index contributed by atoms with van der Waals surface area (Å²) in [7, 11) is 0. The topological polar surface area (TPSA) is 26.0 Å². The molecule has 0 bridgehead atoms. The van der Waals surface area contributed by atoms with Gasteiger partial charge in [0.2, 0.25) is 0 Å². The van der Waals surface area contributed by atoms with Crippen LogP contribution in [0.2, 0.25) is 5.02 Å². The minimum absolute atomic E-state index is 0. The van der Waals surface area contributed by atoms with E-state index < -0.39 is 0 Å². The molecule has 0 radical (unpaired) electrons. The lowest BCUT2D eigenvalue weighted by atomic mass is 9.60. The van der Waals surface area contributed by atoms with Crippen molar-refractivity contribution in [3.05, 3.63) is 34.9 Å². The minimum atomic E-state index is 0. The lowest BCUT2D eigenvalue weighted by Crippen LogP contribution is -2.55. The molecule has 5 heteroatoms. The Morgan fingerprint density at radius 3 is 2.20 bits per heavy atom. The molecule has 2 fully saturated rings. The van der Waals surface area contributed by atoms with Crippen molar-refractivity contribution in [2.75, 3.05) is 11.5 Å². The number of benzene rings is 1. The Kier molecular flexibility index (Phi) is 6.01. The van der Waals surface area contributed by atoms with E-state index in [0.29, 0.717) is 4.58 Å². The van der Waals surface area contributed by atoms with Crippen LogP contribution in [0.1, 0.15) is 31.2 Å². The van der Waals surface area contributed by atoms with Gasteiger partial charge in [-0.25, -0.2) is 0 Å². The SMILES string of the molecule is Cl.NC(C1SCCCS1)C1(c2ccc(Cl)cc2)CCC1. The van der Waals surface area contributed by atoms with E-state index in [0.717, 1.165) is 5.02 Å². The monoisotopic (exact) mass is 349 g/mol. The third-order valence-corrected chi connectivity index (χ3v) is 7.81. The maximum absolute atomic E-state index is 6.68. The van der Waals surface area contributed by atoms with Crippen LogP contribution in [-0.4, -0.2) is 22.1 Å². The van der Waals surface area contributed by atoms with E-state index >= 15 is 0 Å². The molecule has 1 aliphatic heterocycles. The predicted molar refractivity (Wildman–Crippen MR) is 95.5 cm³/mol. The molecule has 1 heterocycles. The van der Waals surface area contributed by atoms with Gasteiger partial charge in [0.1, 0.15) is 0 Å². The molecular weight excluding hydrogens is 329 g/mol. The van der Waals surface area contributed by atoms with Crippen LogP contribution >= 0.6 is 47.5 Å². The van der Waals surface area contributed by atoms with Gasteiger partial charge in [-0.15, -0.1) is 35.9 Å². The third kappa shape index (κ3) is 3.12. The van der Waals surface area contributed by atoms with Crippen molar-refractivity contribution in [3.8, 4) is 0 Å². The van der Waals surface area contributed by atoms with Crippen molar-refractivity contribution in [2.24, 2.45) is 5.73 Å². The van der Waals surface area contributed by atoms with Gasteiger partial charge < -0.3 is 5.73 Å². The average Bonchev–Trinajstić information content (AvgIpc) is 2.40. The van der Waals surface area contributed by atoms with Crippen LogP contribution in [0.3, 0.4) is 0 Å². The zero-order valence-electron chi connectivity index (χ0n) is 11.4. The Bertz CT molecular complexity index is 428. The summed E-state index contributed by atoms with van der Waals surface area (Å²) in [6.45, 7) is 0. The van der Waals surface area contributed by atoms with Gasteiger partial charge >= 0.3 is 0 Å². The molecule has 0 spiro atoms. The van der Waals surface area contributed by atoms with Crippen LogP contribution in [0.15, 0.2) is 24.3 Å². The minimum Gasteiger partial charge on any atom is -0.325 e. The first-order chi connectivity index (χ1) is 9.22. The number of thioether (sulfide) groups is 2. The van der Waals surface area contributed by atoms with Gasteiger partial charge in [-0.3, -0.25) is 0 Å². The van der Waals surface area contributed by atoms with Crippen LogP contribution < -0.4 is 5.73 Å². The van der Waals surface area contributed by atoms with Crippen LogP contribution in [0, 0.1) is 0 Å². The van der Waals surface area contributed by atoms with Crippen molar-refractivity contribution in [3.63, 3.8) is 0 Å². The predicted octanol–water partition coefficient (Wildman–Crippen LogP) is 4.71. The van der Waals surface area contributed by atoms with Crippen molar-refractivity contribution in [1.29, 1.82) is 0 Å². The maximum atomic E-state index is 6.68. The first kappa shape index (κ1) is 16.8. The van der Waals surface area contributed by atoms with Gasteiger partial charge in [-0.2, -0.15) is 0 Å². The van der Waals surface area contributed by atoms with Crippen molar-refractivity contribution in [1.82, 2.24) is 0 Å². The van der Waals surface area contributed by atoms with Gasteiger partial charge in [0.15, 0.2) is 0 Å². The van der Waals surface area contributed by atoms with E-state index in [4.69, 9.17) is 17.3 Å². The normalized spacial score (nSPS) is 23.5. The molecule has 3 rings (SSSR count). The molecule has 1 saturated heterocycles. The summed E-state index contributed by atoms with van der Waals surface area (Å²) in [5, 5.41) is 0.813. The van der Waals surface area contributed by atoms with Crippen LogP contribution in [0.25, 0.3) is 0 Å². The molecule has 1 unspecified atom stereocenters. The summed E-state index contributed by atoms with van der Waals surface area (Å²) in [6, 6.07) is 8.63. The van der Waals surface area contributed by atoms with Gasteiger partial charge in [0.05, 0.1) is 4.58 Å². The zero-order chi connectivity index (χ0) is 13.3. The first-order valence-corrected chi connectivity index (χ1v) is 9.45. The summed E-state index contributed by atoms with van der Waals surface area (Å²) in [5.41, 5.74) is 8.28. The Morgan fingerprint density at radius 1 is 1.10 bits per heavy atom. The molecule has 2 N–H and O–H groups in total. The lowest BCUT2D eigenvalue weighted by molar-refractivity contribution is 0.203. The van der Waals surface area contributed by atoms with Crippen molar-refractivity contribution in [2.45, 2.75) is 41.7 Å². The highest BCUT2D eigenvalue weighted by Gasteiger charge is 2.47. The quantitative estimate of drug-likeness (QED) is 0.855. The number of halogens is 2. The number of nitrogens with two attached hydrogens (primary N) is 1. The van der Waals surface area contributed by atoms with Gasteiger partial charge in [0.25, 0.3) is 0 Å². The molecule has 2 aliphatic rings. The highest BCUT2D eigenvalue weighted by molar-refractivity contribution is 8.17. The molecule has 112 valence electrons. The summed E-state index contributed by atoms with van der Waals surface area (Å²) in [6.07, 6.45) is 5.09. The highest BCUT2D eigenvalue weighted by Crippen LogP contribution is 2.50. The Hall–Kier alpha value is 0.460. The number of rotatable bonds is 3. The molecule has 1 aromatic carbocycles. The molecular formula is C15H21Cl2NS2. The Labute approximate surface area is 141 Å². The second-order valence-corrected chi connectivity index (χ2v) is 8.74. The zero-order valence-corrected chi connectivity index (χ0v) is 14.6. The van der Waals surface area contributed by atoms with E-state index in [1.54, 1.807) is 0 Å². The van der Waals surface area contributed by atoms with Crippen LogP contribution in [0.4, 0.5) is 0 Å². The fourth-order valence-electron chi connectivity index (χ4n) is 3.13. The molecule has 20 heavy (non-hydrogen) atoms. The first-order valence-electron chi connectivity index (χ1n) is 6.97. The van der Waals surface area contributed by atoms with Gasteiger partial charge in [0, 0.05) is 16.5 Å². The maximum Gasteiger partial charge on any atom is 0.0661 e. The van der Waals surface area contributed by atoms with Crippen LogP contribution in [0.5, 0.6) is 0 Å². The van der Waals surface area contributed by atoms with E-state index in [2.05, 4.69) is 35.7 Å². The summed E-state index contributed by atoms with van der Waals surface area (Å²) >= 11 is 10.1. The van der Waals surface area contributed by atoms with Crippen molar-refractivity contribution >= 4 is 47.5 Å². The highest BCUT2D eigenvalue weighted by atomic mass is 35.5. The van der Waals surface area contributed by atoms with Crippen molar-refractivity contribution < 1.29 is 0 Å². The standard InChI is InChI=1S/C15H20ClNS2.ClH/c16-12-5-3-11(4-6-12)15(7-1-8-15)13(17)14-18-9-2-10-19-14;/h3-6,13-14H,1-2,7-10,17H2;1H. The third-order valence-electron chi connectivity index (χ3n) is 4.45. The molecule has 1 atom stereocenters. The smallest absolute Gasteiger partial charge is 0.0661 e. The van der Waals surface area contributed by atoms with E-state index in [1.807, 2.05) is 12.1 Å². The largest absolute Gasteiger partial charge is 0.325 e. The number of hydrogen-bond donors (Lipinski definition) is 1. The van der Waals surface area contributed by atoms with Gasteiger partial charge in [-0.1, -0.05) is 30.2 Å². The molecule has 1 nitrogen and oxygen atoms in total. The van der Waals surface area contributed by atoms with E-state index in [1.165, 1.54) is 42.8 Å². The summed E-state index contributed by atoms with van der Waals surface area (Å²) < 4.78 is 0.560.